The van der Waals surface area contributed by atoms with Gasteiger partial charge in [0.05, 0.1) is 18.0 Å². The maximum atomic E-state index is 12.5. The summed E-state index contributed by atoms with van der Waals surface area (Å²) in [6.07, 6.45) is -2.44. The van der Waals surface area contributed by atoms with Crippen molar-refractivity contribution >= 4 is 15.8 Å². The van der Waals surface area contributed by atoms with E-state index in [0.29, 0.717) is 44.3 Å². The van der Waals surface area contributed by atoms with Crippen LogP contribution in [0.1, 0.15) is 13.3 Å². The smallest absolute Gasteiger partial charge is 0.401 e. The molecule has 0 spiro atoms. The maximum absolute atomic E-state index is 12.5. The number of likely N-dealkylation sites (tertiary alicyclic amines) is 1. The van der Waals surface area contributed by atoms with Crippen LogP contribution in [-0.4, -0.2) is 77.1 Å². The second-order valence-electron chi connectivity index (χ2n) is 6.83. The Morgan fingerprint density at radius 3 is 2.59 bits per heavy atom. The van der Waals surface area contributed by atoms with Crippen molar-refractivity contribution in [1.29, 1.82) is 0 Å². The first-order valence-corrected chi connectivity index (χ1v) is 11.2. The molecule has 29 heavy (non-hydrogen) atoms. The fraction of sp³-hybridized carbons (Fsp3) is 0.611. The van der Waals surface area contributed by atoms with Crippen LogP contribution in [0.15, 0.2) is 34.2 Å². The normalized spacial score (nSPS) is 18.7. The van der Waals surface area contributed by atoms with Gasteiger partial charge in [-0.2, -0.15) is 13.2 Å². The number of rotatable bonds is 8. The Hall–Kier alpha value is -2.01. The molecule has 164 valence electrons. The minimum Gasteiger partial charge on any atom is -0.492 e. The minimum atomic E-state index is -4.19. The summed E-state index contributed by atoms with van der Waals surface area (Å²) in [7, 11) is -3.25. The van der Waals surface area contributed by atoms with E-state index in [-0.39, 0.29) is 17.5 Å². The molecule has 7 nitrogen and oxygen atoms in total. The highest BCUT2D eigenvalue weighted by Crippen LogP contribution is 2.20. The molecular formula is C18H27F3N4O3S. The highest BCUT2D eigenvalue weighted by molar-refractivity contribution is 7.90. The number of hydrogen-bond acceptors (Lipinski definition) is 5. The van der Waals surface area contributed by atoms with Crippen molar-refractivity contribution in [3.63, 3.8) is 0 Å². The molecule has 0 radical (unpaired) electrons. The molecule has 2 rings (SSSR count). The molecule has 0 bridgehead atoms. The third-order valence-corrected chi connectivity index (χ3v) is 5.37. The molecule has 1 aliphatic rings. The Bertz CT molecular complexity index is 783. The highest BCUT2D eigenvalue weighted by Gasteiger charge is 2.34. The lowest BCUT2D eigenvalue weighted by atomic mass is 10.3. The highest BCUT2D eigenvalue weighted by atomic mass is 32.2. The zero-order chi connectivity index (χ0) is 21.5. The van der Waals surface area contributed by atoms with Gasteiger partial charge >= 0.3 is 6.18 Å². The predicted octanol–water partition coefficient (Wildman–Crippen LogP) is 1.66. The molecule has 1 unspecified atom stereocenters. The minimum absolute atomic E-state index is 0.0976. The van der Waals surface area contributed by atoms with Gasteiger partial charge in [-0.1, -0.05) is 0 Å². The summed E-state index contributed by atoms with van der Waals surface area (Å²) >= 11 is 0. The molecule has 1 aromatic carbocycles. The number of guanidine groups is 1. The van der Waals surface area contributed by atoms with Crippen LogP contribution in [0.25, 0.3) is 0 Å². The molecule has 0 saturated carbocycles. The zero-order valence-corrected chi connectivity index (χ0v) is 17.3. The van der Waals surface area contributed by atoms with E-state index in [1.807, 2.05) is 6.92 Å². The molecule has 1 saturated heterocycles. The molecule has 1 atom stereocenters. The van der Waals surface area contributed by atoms with Crippen molar-refractivity contribution in [1.82, 2.24) is 15.5 Å². The predicted molar refractivity (Wildman–Crippen MR) is 105 cm³/mol. The fourth-order valence-corrected chi connectivity index (χ4v) is 3.60. The van der Waals surface area contributed by atoms with Gasteiger partial charge in [-0.15, -0.1) is 0 Å². The average Bonchev–Trinajstić information content (AvgIpc) is 3.03. The van der Waals surface area contributed by atoms with Gasteiger partial charge in [0.25, 0.3) is 0 Å². The van der Waals surface area contributed by atoms with Crippen molar-refractivity contribution in [2.24, 2.45) is 4.99 Å². The van der Waals surface area contributed by atoms with E-state index >= 15 is 0 Å². The molecule has 1 heterocycles. The summed E-state index contributed by atoms with van der Waals surface area (Å²) in [4.78, 5) is 5.98. The lowest BCUT2D eigenvalue weighted by Gasteiger charge is -2.19. The van der Waals surface area contributed by atoms with Gasteiger partial charge in [-0.25, -0.2) is 13.4 Å². The Morgan fingerprint density at radius 2 is 2.00 bits per heavy atom. The maximum Gasteiger partial charge on any atom is 0.401 e. The molecular weight excluding hydrogens is 409 g/mol. The van der Waals surface area contributed by atoms with E-state index in [4.69, 9.17) is 4.74 Å². The number of alkyl halides is 3. The standard InChI is InChI=1S/C18H27F3N4O3S/c1-3-22-17(24-14-8-10-25(12-14)13-18(19,20)21)23-9-11-28-15-4-6-16(7-5-15)29(2,26)27/h4-7,14H,3,8-13H2,1-2H3,(H2,22,23,24). The molecule has 2 N–H and O–H groups in total. The van der Waals surface area contributed by atoms with Gasteiger partial charge in [-0.3, -0.25) is 4.90 Å². The lowest BCUT2D eigenvalue weighted by molar-refractivity contribution is -0.143. The van der Waals surface area contributed by atoms with Gasteiger partial charge in [0.2, 0.25) is 0 Å². The quantitative estimate of drug-likeness (QED) is 0.366. The summed E-state index contributed by atoms with van der Waals surface area (Å²) < 4.78 is 65.9. The van der Waals surface area contributed by atoms with Gasteiger partial charge in [0, 0.05) is 31.9 Å². The number of ether oxygens (including phenoxy) is 1. The van der Waals surface area contributed by atoms with E-state index in [1.165, 1.54) is 17.0 Å². The van der Waals surface area contributed by atoms with E-state index in [2.05, 4.69) is 15.6 Å². The van der Waals surface area contributed by atoms with Crippen LogP contribution in [-0.2, 0) is 9.84 Å². The van der Waals surface area contributed by atoms with Crippen molar-refractivity contribution in [3.8, 4) is 5.75 Å². The first-order chi connectivity index (χ1) is 13.6. The largest absolute Gasteiger partial charge is 0.492 e. The van der Waals surface area contributed by atoms with Gasteiger partial charge in [-0.05, 0) is 37.6 Å². The zero-order valence-electron chi connectivity index (χ0n) is 16.5. The number of nitrogens with zero attached hydrogens (tertiary/aromatic N) is 2. The number of sulfone groups is 1. The van der Waals surface area contributed by atoms with E-state index in [9.17, 15) is 21.6 Å². The Labute approximate surface area is 169 Å². The number of nitrogens with one attached hydrogen (secondary N) is 2. The first kappa shape index (κ1) is 23.3. The SMILES string of the molecule is CCNC(=NCCOc1ccc(S(C)(=O)=O)cc1)NC1CCN(CC(F)(F)F)C1. The number of halogens is 3. The first-order valence-electron chi connectivity index (χ1n) is 9.33. The third kappa shape index (κ3) is 8.48. The van der Waals surface area contributed by atoms with Crippen molar-refractivity contribution in [2.75, 3.05) is 45.6 Å². The molecule has 0 amide bonds. The van der Waals surface area contributed by atoms with Crippen molar-refractivity contribution < 1.29 is 26.3 Å². The molecule has 1 aromatic rings. The monoisotopic (exact) mass is 436 g/mol. The van der Waals surface area contributed by atoms with Gasteiger partial charge < -0.3 is 15.4 Å². The van der Waals surface area contributed by atoms with E-state index in [1.54, 1.807) is 12.1 Å². The van der Waals surface area contributed by atoms with Crippen LogP contribution >= 0.6 is 0 Å². The number of benzene rings is 1. The summed E-state index contributed by atoms with van der Waals surface area (Å²) in [5.74, 6) is 1.06. The molecule has 0 aliphatic carbocycles. The average molecular weight is 437 g/mol. The second-order valence-corrected chi connectivity index (χ2v) is 8.85. The van der Waals surface area contributed by atoms with Crippen LogP contribution in [0.2, 0.25) is 0 Å². The van der Waals surface area contributed by atoms with Crippen LogP contribution in [0, 0.1) is 0 Å². The summed E-state index contributed by atoms with van der Waals surface area (Å²) in [6, 6.07) is 6.02. The Kier molecular flexibility index (Phi) is 8.14. The van der Waals surface area contributed by atoms with E-state index < -0.39 is 22.6 Å². The third-order valence-electron chi connectivity index (χ3n) is 4.24. The van der Waals surface area contributed by atoms with E-state index in [0.717, 1.165) is 6.26 Å². The van der Waals surface area contributed by atoms with Crippen LogP contribution in [0.5, 0.6) is 5.75 Å². The number of hydrogen-bond donors (Lipinski definition) is 2. The Balaban J connectivity index is 1.80. The van der Waals surface area contributed by atoms with Crippen molar-refractivity contribution in [3.05, 3.63) is 24.3 Å². The molecule has 1 aliphatic heterocycles. The van der Waals surface area contributed by atoms with Crippen LogP contribution < -0.4 is 15.4 Å². The summed E-state index contributed by atoms with van der Waals surface area (Å²) in [5, 5.41) is 6.23. The van der Waals surface area contributed by atoms with Crippen LogP contribution in [0.3, 0.4) is 0 Å². The fourth-order valence-electron chi connectivity index (χ4n) is 2.96. The summed E-state index contributed by atoms with van der Waals surface area (Å²) in [5.41, 5.74) is 0. The van der Waals surface area contributed by atoms with Crippen LogP contribution in [0.4, 0.5) is 13.2 Å². The second kappa shape index (κ2) is 10.1. The number of aliphatic imine (C=N–C) groups is 1. The van der Waals surface area contributed by atoms with Gasteiger partial charge in [0.1, 0.15) is 12.4 Å². The molecule has 1 fully saturated rings. The Morgan fingerprint density at radius 1 is 1.31 bits per heavy atom. The molecule has 0 aromatic heterocycles. The van der Waals surface area contributed by atoms with Crippen molar-refractivity contribution in [2.45, 2.75) is 30.5 Å². The summed E-state index contributed by atoms with van der Waals surface area (Å²) in [6.45, 7) is 2.95. The van der Waals surface area contributed by atoms with Gasteiger partial charge in [0.15, 0.2) is 15.8 Å². The topological polar surface area (TPSA) is 83.0 Å². The lowest BCUT2D eigenvalue weighted by Crippen LogP contribution is -2.45. The molecule has 11 heteroatoms.